The van der Waals surface area contributed by atoms with E-state index in [2.05, 4.69) is 31.9 Å². The fraction of sp³-hybridized carbons (Fsp3) is 0.571. The standard InChI is InChI=1S/C14H20Br2O4/c1-4-18-14(19-5-2)6-7-20-13-9-10(15)12(17-3)8-11(13)16/h8-9,14H,4-7H2,1-3H3. The van der Waals surface area contributed by atoms with E-state index in [1.54, 1.807) is 7.11 Å². The molecule has 0 N–H and O–H groups in total. The molecule has 0 atom stereocenters. The van der Waals surface area contributed by atoms with Crippen molar-refractivity contribution in [2.24, 2.45) is 0 Å². The van der Waals surface area contributed by atoms with Crippen molar-refractivity contribution in [3.8, 4) is 11.5 Å². The minimum absolute atomic E-state index is 0.217. The van der Waals surface area contributed by atoms with Crippen molar-refractivity contribution >= 4 is 31.9 Å². The predicted octanol–water partition coefficient (Wildman–Crippen LogP) is 4.39. The third-order valence-electron chi connectivity index (χ3n) is 2.52. The van der Waals surface area contributed by atoms with E-state index in [4.69, 9.17) is 18.9 Å². The third-order valence-corrected chi connectivity index (χ3v) is 3.76. The lowest BCUT2D eigenvalue weighted by Gasteiger charge is -2.17. The van der Waals surface area contributed by atoms with Gasteiger partial charge in [-0.3, -0.25) is 0 Å². The molecule has 1 rings (SSSR count). The van der Waals surface area contributed by atoms with Crippen LogP contribution in [0.25, 0.3) is 0 Å². The Morgan fingerprint density at radius 1 is 1.00 bits per heavy atom. The van der Waals surface area contributed by atoms with Gasteiger partial charge in [0.15, 0.2) is 6.29 Å². The van der Waals surface area contributed by atoms with Crippen molar-refractivity contribution in [3.05, 3.63) is 21.1 Å². The molecule has 0 aliphatic carbocycles. The Balaban J connectivity index is 2.54. The number of halogens is 2. The van der Waals surface area contributed by atoms with Crippen molar-refractivity contribution in [2.75, 3.05) is 26.9 Å². The zero-order valence-electron chi connectivity index (χ0n) is 11.9. The highest BCUT2D eigenvalue weighted by atomic mass is 79.9. The first-order chi connectivity index (χ1) is 9.62. The summed E-state index contributed by atoms with van der Waals surface area (Å²) in [6, 6.07) is 3.74. The summed E-state index contributed by atoms with van der Waals surface area (Å²) in [5.41, 5.74) is 0. The summed E-state index contributed by atoms with van der Waals surface area (Å²) in [5.74, 6) is 1.51. The SMILES string of the molecule is CCOC(CCOc1cc(Br)c(OC)cc1Br)OCC. The van der Waals surface area contributed by atoms with Crippen molar-refractivity contribution in [3.63, 3.8) is 0 Å². The van der Waals surface area contributed by atoms with E-state index in [-0.39, 0.29) is 6.29 Å². The lowest BCUT2D eigenvalue weighted by Crippen LogP contribution is -2.20. The number of rotatable bonds is 9. The molecular weight excluding hydrogens is 392 g/mol. The van der Waals surface area contributed by atoms with Crippen molar-refractivity contribution in [1.82, 2.24) is 0 Å². The number of methoxy groups -OCH3 is 1. The second-order valence-electron chi connectivity index (χ2n) is 3.89. The molecule has 0 aliphatic rings. The van der Waals surface area contributed by atoms with E-state index in [0.717, 1.165) is 20.4 Å². The Morgan fingerprint density at radius 2 is 1.55 bits per heavy atom. The van der Waals surface area contributed by atoms with Crippen LogP contribution >= 0.6 is 31.9 Å². The fourth-order valence-corrected chi connectivity index (χ4v) is 2.55. The fourth-order valence-electron chi connectivity index (χ4n) is 1.63. The molecule has 0 bridgehead atoms. The summed E-state index contributed by atoms with van der Waals surface area (Å²) >= 11 is 6.90. The van der Waals surface area contributed by atoms with Crippen LogP contribution in [0, 0.1) is 0 Å². The largest absolute Gasteiger partial charge is 0.496 e. The molecule has 20 heavy (non-hydrogen) atoms. The van der Waals surface area contributed by atoms with Gasteiger partial charge in [-0.2, -0.15) is 0 Å². The molecule has 0 amide bonds. The Hall–Kier alpha value is -0.300. The molecule has 1 aromatic rings. The van der Waals surface area contributed by atoms with E-state index < -0.39 is 0 Å². The minimum Gasteiger partial charge on any atom is -0.496 e. The van der Waals surface area contributed by atoms with Crippen molar-refractivity contribution in [2.45, 2.75) is 26.6 Å². The van der Waals surface area contributed by atoms with Crippen LogP contribution in [0.4, 0.5) is 0 Å². The number of benzene rings is 1. The number of hydrogen-bond donors (Lipinski definition) is 0. The van der Waals surface area contributed by atoms with Gasteiger partial charge in [0.05, 0.1) is 22.7 Å². The molecule has 0 saturated heterocycles. The normalized spacial score (nSPS) is 10.9. The molecule has 1 aromatic carbocycles. The highest BCUT2D eigenvalue weighted by molar-refractivity contribution is 9.11. The molecule has 114 valence electrons. The molecule has 0 spiro atoms. The minimum atomic E-state index is -0.217. The summed E-state index contributed by atoms with van der Waals surface area (Å²) < 4.78 is 23.6. The van der Waals surface area contributed by atoms with E-state index in [1.807, 2.05) is 26.0 Å². The molecule has 0 heterocycles. The Labute approximate surface area is 137 Å². The molecular formula is C14H20Br2O4. The van der Waals surface area contributed by atoms with E-state index in [9.17, 15) is 0 Å². The van der Waals surface area contributed by atoms with Gasteiger partial charge < -0.3 is 18.9 Å². The first-order valence-corrected chi connectivity index (χ1v) is 8.10. The predicted molar refractivity (Wildman–Crippen MR) is 85.5 cm³/mol. The molecule has 0 fully saturated rings. The van der Waals surface area contributed by atoms with E-state index >= 15 is 0 Å². The van der Waals surface area contributed by atoms with Gasteiger partial charge in [-0.1, -0.05) is 0 Å². The van der Waals surface area contributed by atoms with Crippen LogP contribution < -0.4 is 9.47 Å². The van der Waals surface area contributed by atoms with E-state index in [1.165, 1.54) is 0 Å². The average molecular weight is 412 g/mol. The number of ether oxygens (including phenoxy) is 4. The van der Waals surface area contributed by atoms with Crippen LogP contribution in [0.5, 0.6) is 11.5 Å². The summed E-state index contributed by atoms with van der Waals surface area (Å²) in [4.78, 5) is 0. The van der Waals surface area contributed by atoms with Crippen molar-refractivity contribution < 1.29 is 18.9 Å². The van der Waals surface area contributed by atoms with Gasteiger partial charge in [0.1, 0.15) is 11.5 Å². The van der Waals surface area contributed by atoms with Crippen molar-refractivity contribution in [1.29, 1.82) is 0 Å². The van der Waals surface area contributed by atoms with Gasteiger partial charge in [0.2, 0.25) is 0 Å². The first kappa shape index (κ1) is 17.8. The lowest BCUT2D eigenvalue weighted by molar-refractivity contribution is -0.142. The summed E-state index contributed by atoms with van der Waals surface area (Å²) in [7, 11) is 1.63. The van der Waals surface area contributed by atoms with Gasteiger partial charge in [0.25, 0.3) is 0 Å². The highest BCUT2D eigenvalue weighted by Gasteiger charge is 2.11. The molecule has 0 radical (unpaired) electrons. The molecule has 0 aromatic heterocycles. The van der Waals surface area contributed by atoms with Crippen LogP contribution in [0.3, 0.4) is 0 Å². The zero-order chi connectivity index (χ0) is 15.0. The second-order valence-corrected chi connectivity index (χ2v) is 5.60. The Morgan fingerprint density at radius 3 is 2.10 bits per heavy atom. The van der Waals surface area contributed by atoms with Crippen LogP contribution in [-0.4, -0.2) is 33.2 Å². The maximum atomic E-state index is 5.75. The Kier molecular flexibility index (Phi) is 8.52. The van der Waals surface area contributed by atoms with E-state index in [0.29, 0.717) is 26.2 Å². The van der Waals surface area contributed by atoms with Crippen LogP contribution in [0.2, 0.25) is 0 Å². The maximum Gasteiger partial charge on any atom is 0.160 e. The smallest absolute Gasteiger partial charge is 0.160 e. The number of hydrogen-bond acceptors (Lipinski definition) is 4. The van der Waals surface area contributed by atoms with Crippen LogP contribution in [-0.2, 0) is 9.47 Å². The second kappa shape index (κ2) is 9.60. The van der Waals surface area contributed by atoms with Gasteiger partial charge in [0, 0.05) is 19.6 Å². The summed E-state index contributed by atoms with van der Waals surface area (Å²) in [6.45, 7) is 5.67. The van der Waals surface area contributed by atoms with Gasteiger partial charge in [-0.25, -0.2) is 0 Å². The topological polar surface area (TPSA) is 36.9 Å². The third kappa shape index (κ3) is 5.60. The molecule has 0 unspecified atom stereocenters. The molecule has 6 heteroatoms. The van der Waals surface area contributed by atoms with Gasteiger partial charge >= 0.3 is 0 Å². The zero-order valence-corrected chi connectivity index (χ0v) is 15.1. The first-order valence-electron chi connectivity index (χ1n) is 6.51. The Bertz CT molecular complexity index is 406. The highest BCUT2D eigenvalue weighted by Crippen LogP contribution is 2.36. The van der Waals surface area contributed by atoms with Gasteiger partial charge in [-0.05, 0) is 57.8 Å². The summed E-state index contributed by atoms with van der Waals surface area (Å²) in [6.07, 6.45) is 0.461. The molecule has 0 saturated carbocycles. The van der Waals surface area contributed by atoms with Gasteiger partial charge in [-0.15, -0.1) is 0 Å². The summed E-state index contributed by atoms with van der Waals surface area (Å²) in [5, 5.41) is 0. The molecule has 0 aliphatic heterocycles. The van der Waals surface area contributed by atoms with Crippen LogP contribution in [0.15, 0.2) is 21.1 Å². The van der Waals surface area contributed by atoms with Crippen LogP contribution in [0.1, 0.15) is 20.3 Å². The maximum absolute atomic E-state index is 5.75. The average Bonchev–Trinajstić information content (AvgIpc) is 2.42. The monoisotopic (exact) mass is 410 g/mol. The lowest BCUT2D eigenvalue weighted by atomic mass is 10.3. The quantitative estimate of drug-likeness (QED) is 0.564. The molecule has 4 nitrogen and oxygen atoms in total.